The molecular formula is C20H28N4O3. The van der Waals surface area contributed by atoms with E-state index < -0.39 is 0 Å². The van der Waals surface area contributed by atoms with Gasteiger partial charge in [0.05, 0.1) is 6.54 Å². The molecule has 1 aromatic carbocycles. The van der Waals surface area contributed by atoms with Crippen LogP contribution >= 0.6 is 0 Å². The van der Waals surface area contributed by atoms with Gasteiger partial charge in [-0.15, -0.1) is 0 Å². The second kappa shape index (κ2) is 10.5. The molecule has 0 radical (unpaired) electrons. The van der Waals surface area contributed by atoms with Crippen LogP contribution in [0.3, 0.4) is 0 Å². The molecular weight excluding hydrogens is 344 g/mol. The van der Waals surface area contributed by atoms with Crippen molar-refractivity contribution in [2.24, 2.45) is 0 Å². The molecule has 7 heteroatoms. The molecule has 0 unspecified atom stereocenters. The first kappa shape index (κ1) is 20.6. The Morgan fingerprint density at radius 3 is 2.33 bits per heavy atom. The van der Waals surface area contributed by atoms with Crippen molar-refractivity contribution in [3.05, 3.63) is 35.9 Å². The zero-order valence-electron chi connectivity index (χ0n) is 16.0. The summed E-state index contributed by atoms with van der Waals surface area (Å²) in [4.78, 5) is 39.0. The maximum absolute atomic E-state index is 12.3. The highest BCUT2D eigenvalue weighted by molar-refractivity contribution is 5.92. The Morgan fingerprint density at radius 1 is 1.07 bits per heavy atom. The Morgan fingerprint density at radius 2 is 1.74 bits per heavy atom. The van der Waals surface area contributed by atoms with Crippen LogP contribution in [-0.4, -0.2) is 66.8 Å². The number of anilines is 1. The summed E-state index contributed by atoms with van der Waals surface area (Å²) in [5.74, 6) is -0.106. The smallest absolute Gasteiger partial charge is 0.246 e. The average molecular weight is 372 g/mol. The van der Waals surface area contributed by atoms with Crippen LogP contribution in [0.5, 0.6) is 0 Å². The number of hydrogen-bond donors (Lipinski definition) is 2. The van der Waals surface area contributed by atoms with Crippen LogP contribution in [0.25, 0.3) is 6.08 Å². The third-order valence-corrected chi connectivity index (χ3v) is 4.27. The van der Waals surface area contributed by atoms with Crippen molar-refractivity contribution in [1.82, 2.24) is 15.1 Å². The highest BCUT2D eigenvalue weighted by Crippen LogP contribution is 2.11. The molecule has 7 nitrogen and oxygen atoms in total. The van der Waals surface area contributed by atoms with Crippen molar-refractivity contribution in [2.45, 2.75) is 20.3 Å². The summed E-state index contributed by atoms with van der Waals surface area (Å²) >= 11 is 0. The van der Waals surface area contributed by atoms with E-state index in [1.807, 2.05) is 19.1 Å². The van der Waals surface area contributed by atoms with Crippen molar-refractivity contribution in [1.29, 1.82) is 0 Å². The largest absolute Gasteiger partial charge is 0.355 e. The normalized spacial score (nSPS) is 15.0. The molecule has 1 heterocycles. The number of carbonyl (C=O) groups is 3. The van der Waals surface area contributed by atoms with E-state index in [0.717, 1.165) is 17.7 Å². The molecule has 2 rings (SSSR count). The minimum atomic E-state index is -0.115. The van der Waals surface area contributed by atoms with E-state index >= 15 is 0 Å². The van der Waals surface area contributed by atoms with Gasteiger partial charge in [-0.1, -0.05) is 19.1 Å². The molecule has 3 amide bonds. The van der Waals surface area contributed by atoms with Gasteiger partial charge in [0, 0.05) is 51.4 Å². The zero-order valence-corrected chi connectivity index (χ0v) is 16.0. The molecule has 2 N–H and O–H groups in total. The van der Waals surface area contributed by atoms with Crippen LogP contribution in [0, 0.1) is 0 Å². The lowest BCUT2D eigenvalue weighted by atomic mass is 10.2. The predicted octanol–water partition coefficient (Wildman–Crippen LogP) is 1.33. The predicted molar refractivity (Wildman–Crippen MR) is 106 cm³/mol. The summed E-state index contributed by atoms with van der Waals surface area (Å²) in [5.41, 5.74) is 1.62. The van der Waals surface area contributed by atoms with Crippen LogP contribution in [0.4, 0.5) is 5.69 Å². The summed E-state index contributed by atoms with van der Waals surface area (Å²) in [6.07, 6.45) is 4.26. The van der Waals surface area contributed by atoms with Gasteiger partial charge in [-0.05, 0) is 30.2 Å². The van der Waals surface area contributed by atoms with Crippen molar-refractivity contribution in [3.63, 3.8) is 0 Å². The van der Waals surface area contributed by atoms with E-state index in [1.54, 1.807) is 29.2 Å². The molecule has 0 spiro atoms. The standard InChI is InChI=1S/C20H28N4O3/c1-3-10-21-19(26)15-23-11-13-24(14-12-23)20(27)9-6-17-4-7-18(8-5-17)22-16(2)25/h4-9H,3,10-15H2,1-2H3,(H,21,26)(H,22,25). The minimum Gasteiger partial charge on any atom is -0.355 e. The fraction of sp³-hybridized carbons (Fsp3) is 0.450. The first-order valence-corrected chi connectivity index (χ1v) is 9.31. The van der Waals surface area contributed by atoms with Gasteiger partial charge in [-0.3, -0.25) is 19.3 Å². The van der Waals surface area contributed by atoms with Gasteiger partial charge < -0.3 is 15.5 Å². The number of benzene rings is 1. The topological polar surface area (TPSA) is 81.8 Å². The third kappa shape index (κ3) is 7.22. The Labute approximate surface area is 160 Å². The molecule has 1 saturated heterocycles. The highest BCUT2D eigenvalue weighted by atomic mass is 16.2. The number of nitrogens with zero attached hydrogens (tertiary/aromatic N) is 2. The molecule has 1 aliphatic heterocycles. The Kier molecular flexibility index (Phi) is 8.00. The van der Waals surface area contributed by atoms with E-state index in [0.29, 0.717) is 39.3 Å². The minimum absolute atomic E-state index is 0.0315. The van der Waals surface area contributed by atoms with E-state index in [9.17, 15) is 14.4 Å². The number of carbonyl (C=O) groups excluding carboxylic acids is 3. The molecule has 0 bridgehead atoms. The molecule has 0 atom stereocenters. The first-order valence-electron chi connectivity index (χ1n) is 9.31. The fourth-order valence-corrected chi connectivity index (χ4v) is 2.80. The van der Waals surface area contributed by atoms with Crippen molar-refractivity contribution in [2.75, 3.05) is 44.6 Å². The van der Waals surface area contributed by atoms with Gasteiger partial charge in [-0.25, -0.2) is 0 Å². The molecule has 146 valence electrons. The number of rotatable bonds is 7. The summed E-state index contributed by atoms with van der Waals surface area (Å²) in [6.45, 7) is 7.21. The third-order valence-electron chi connectivity index (χ3n) is 4.27. The molecule has 1 aromatic rings. The Balaban J connectivity index is 1.77. The first-order chi connectivity index (χ1) is 13.0. The quantitative estimate of drug-likeness (QED) is 0.708. The number of nitrogens with one attached hydrogen (secondary N) is 2. The summed E-state index contributed by atoms with van der Waals surface area (Å²) in [7, 11) is 0. The number of hydrogen-bond acceptors (Lipinski definition) is 4. The van der Waals surface area contributed by atoms with Gasteiger partial charge in [0.2, 0.25) is 17.7 Å². The number of amides is 3. The lowest BCUT2D eigenvalue weighted by molar-refractivity contribution is -0.128. The van der Waals surface area contributed by atoms with Crippen LogP contribution in [0.2, 0.25) is 0 Å². The van der Waals surface area contributed by atoms with E-state index in [2.05, 4.69) is 15.5 Å². The van der Waals surface area contributed by atoms with Gasteiger partial charge in [0.15, 0.2) is 0 Å². The van der Waals surface area contributed by atoms with Crippen LogP contribution < -0.4 is 10.6 Å². The van der Waals surface area contributed by atoms with E-state index in [-0.39, 0.29) is 17.7 Å². The van der Waals surface area contributed by atoms with Crippen LogP contribution in [0.1, 0.15) is 25.8 Å². The molecule has 0 aliphatic carbocycles. The van der Waals surface area contributed by atoms with Crippen molar-refractivity contribution >= 4 is 29.5 Å². The molecule has 1 fully saturated rings. The molecule has 0 saturated carbocycles. The van der Waals surface area contributed by atoms with Crippen molar-refractivity contribution < 1.29 is 14.4 Å². The van der Waals surface area contributed by atoms with Gasteiger partial charge in [0.1, 0.15) is 0 Å². The zero-order chi connectivity index (χ0) is 19.6. The second-order valence-corrected chi connectivity index (χ2v) is 6.59. The van der Waals surface area contributed by atoms with Crippen LogP contribution in [-0.2, 0) is 14.4 Å². The maximum Gasteiger partial charge on any atom is 0.246 e. The van der Waals surface area contributed by atoms with Crippen molar-refractivity contribution in [3.8, 4) is 0 Å². The maximum atomic E-state index is 12.3. The average Bonchev–Trinajstić information content (AvgIpc) is 2.65. The number of piperazine rings is 1. The molecule has 1 aliphatic rings. The summed E-state index contributed by atoms with van der Waals surface area (Å²) in [6, 6.07) is 7.30. The SMILES string of the molecule is CCCNC(=O)CN1CCN(C(=O)C=Cc2ccc(NC(C)=O)cc2)CC1. The van der Waals surface area contributed by atoms with Gasteiger partial charge in [0.25, 0.3) is 0 Å². The lowest BCUT2D eigenvalue weighted by Gasteiger charge is -2.33. The van der Waals surface area contributed by atoms with E-state index in [4.69, 9.17) is 0 Å². The summed E-state index contributed by atoms with van der Waals surface area (Å²) < 4.78 is 0. The highest BCUT2D eigenvalue weighted by Gasteiger charge is 2.20. The Hall–Kier alpha value is -2.67. The van der Waals surface area contributed by atoms with Crippen LogP contribution in [0.15, 0.2) is 30.3 Å². The van der Waals surface area contributed by atoms with Gasteiger partial charge >= 0.3 is 0 Å². The summed E-state index contributed by atoms with van der Waals surface area (Å²) in [5, 5.41) is 5.58. The monoisotopic (exact) mass is 372 g/mol. The molecule has 27 heavy (non-hydrogen) atoms. The van der Waals surface area contributed by atoms with E-state index in [1.165, 1.54) is 6.92 Å². The lowest BCUT2D eigenvalue weighted by Crippen LogP contribution is -2.50. The Bertz CT molecular complexity index is 677. The fourth-order valence-electron chi connectivity index (χ4n) is 2.80. The second-order valence-electron chi connectivity index (χ2n) is 6.59. The van der Waals surface area contributed by atoms with Gasteiger partial charge in [-0.2, -0.15) is 0 Å². The molecule has 0 aromatic heterocycles.